The Hall–Kier alpha value is -3.76. The Balaban J connectivity index is 1.40. The zero-order chi connectivity index (χ0) is 27.1. The van der Waals surface area contributed by atoms with Gasteiger partial charge in [0.25, 0.3) is 0 Å². The van der Waals surface area contributed by atoms with Crippen molar-refractivity contribution in [2.75, 3.05) is 32.6 Å². The highest BCUT2D eigenvalue weighted by Crippen LogP contribution is 2.29. The van der Waals surface area contributed by atoms with E-state index in [-0.39, 0.29) is 18.5 Å². The molecule has 0 amide bonds. The molecule has 3 N–H and O–H groups in total. The molecule has 0 bridgehead atoms. The van der Waals surface area contributed by atoms with Crippen LogP contribution in [0, 0.1) is 5.82 Å². The van der Waals surface area contributed by atoms with Crippen molar-refractivity contribution < 1.29 is 23.4 Å². The minimum Gasteiger partial charge on any atom is -0.482 e. The number of esters is 1. The summed E-state index contributed by atoms with van der Waals surface area (Å²) in [5.41, 5.74) is 9.48. The quantitative estimate of drug-likeness (QED) is 0.200. The van der Waals surface area contributed by atoms with E-state index in [0.717, 1.165) is 34.2 Å². The van der Waals surface area contributed by atoms with E-state index < -0.39 is 11.8 Å². The normalized spacial score (nSPS) is 11.5. The summed E-state index contributed by atoms with van der Waals surface area (Å²) in [5, 5.41) is 4.36. The molecule has 0 aliphatic carbocycles. The monoisotopic (exact) mass is 523 g/mol. The number of pyridine rings is 1. The van der Waals surface area contributed by atoms with Crippen LogP contribution in [0.1, 0.15) is 31.7 Å². The molecule has 38 heavy (non-hydrogen) atoms. The van der Waals surface area contributed by atoms with E-state index in [1.165, 1.54) is 12.1 Å². The van der Waals surface area contributed by atoms with Crippen LogP contribution in [-0.2, 0) is 33.8 Å². The van der Waals surface area contributed by atoms with E-state index in [1.807, 2.05) is 24.3 Å². The first-order valence-electron chi connectivity index (χ1n) is 12.7. The number of nitrogen functional groups attached to an aromatic ring is 1. The fourth-order valence-electron chi connectivity index (χ4n) is 4.37. The number of fused-ring (bicyclic) bond motifs is 3. The molecule has 0 radical (unpaired) electrons. The zero-order valence-corrected chi connectivity index (χ0v) is 22.0. The van der Waals surface area contributed by atoms with E-state index >= 15 is 0 Å². The second-order valence-corrected chi connectivity index (χ2v) is 9.29. The fraction of sp³-hybridized carbons (Fsp3) is 0.393. The number of methoxy groups -OCH3 is 1. The van der Waals surface area contributed by atoms with Gasteiger partial charge in [0.05, 0.1) is 23.7 Å². The van der Waals surface area contributed by atoms with Crippen molar-refractivity contribution in [3.8, 4) is 5.75 Å². The van der Waals surface area contributed by atoms with Gasteiger partial charge in [-0.05, 0) is 50.6 Å². The predicted octanol–water partition coefficient (Wildman–Crippen LogP) is 4.01. The first-order valence-corrected chi connectivity index (χ1v) is 12.7. The third kappa shape index (κ3) is 6.76. The molecule has 2 heterocycles. The molecule has 0 spiro atoms. The first kappa shape index (κ1) is 27.3. The summed E-state index contributed by atoms with van der Waals surface area (Å²) in [6.07, 6.45) is 1.23. The van der Waals surface area contributed by atoms with Gasteiger partial charge in [0.1, 0.15) is 22.9 Å². The lowest BCUT2D eigenvalue weighted by Crippen LogP contribution is -2.19. The van der Waals surface area contributed by atoms with Crippen LogP contribution < -0.4 is 15.8 Å². The van der Waals surface area contributed by atoms with Crippen LogP contribution in [0.5, 0.6) is 5.75 Å². The fourth-order valence-corrected chi connectivity index (χ4v) is 4.37. The SMILES string of the molecule is COCCc1nc2c(N)nc3ccccc3c2n1CCCNCc1cc(F)cc(OCC(=O)OC(C)C)c1. The van der Waals surface area contributed by atoms with Crippen LogP contribution in [0.3, 0.4) is 0 Å². The van der Waals surface area contributed by atoms with Crippen molar-refractivity contribution in [2.24, 2.45) is 0 Å². The number of ether oxygens (including phenoxy) is 3. The third-order valence-electron chi connectivity index (χ3n) is 5.94. The Labute approximate surface area is 221 Å². The number of nitrogens with one attached hydrogen (secondary N) is 1. The number of nitrogens with two attached hydrogens (primary N) is 1. The number of rotatable bonds is 13. The number of hydrogen-bond acceptors (Lipinski definition) is 8. The summed E-state index contributed by atoms with van der Waals surface area (Å²) < 4.78 is 32.1. The van der Waals surface area contributed by atoms with Gasteiger partial charge in [-0.1, -0.05) is 18.2 Å². The molecule has 0 atom stereocenters. The van der Waals surface area contributed by atoms with Gasteiger partial charge < -0.3 is 29.8 Å². The number of halogens is 1. The van der Waals surface area contributed by atoms with Crippen LogP contribution in [0.4, 0.5) is 10.2 Å². The van der Waals surface area contributed by atoms with Crippen molar-refractivity contribution in [3.05, 3.63) is 59.7 Å². The number of carbonyl (C=O) groups excluding carboxylic acids is 1. The molecule has 2 aromatic heterocycles. The Kier molecular flexibility index (Phi) is 9.09. The van der Waals surface area contributed by atoms with Crippen LogP contribution in [0.2, 0.25) is 0 Å². The number of imidazole rings is 1. The number of nitrogens with zero attached hydrogens (tertiary/aromatic N) is 3. The van der Waals surface area contributed by atoms with E-state index in [1.54, 1.807) is 27.0 Å². The van der Waals surface area contributed by atoms with Crippen LogP contribution in [0.25, 0.3) is 21.9 Å². The van der Waals surface area contributed by atoms with Gasteiger partial charge in [0.15, 0.2) is 12.4 Å². The average molecular weight is 524 g/mol. The van der Waals surface area contributed by atoms with Gasteiger partial charge in [0, 0.05) is 38.1 Å². The van der Waals surface area contributed by atoms with Crippen LogP contribution >= 0.6 is 0 Å². The summed E-state index contributed by atoms with van der Waals surface area (Å²) in [7, 11) is 1.67. The van der Waals surface area contributed by atoms with Crippen molar-refractivity contribution in [2.45, 2.75) is 45.9 Å². The molecule has 10 heteroatoms. The van der Waals surface area contributed by atoms with Crippen molar-refractivity contribution in [1.82, 2.24) is 19.9 Å². The Morgan fingerprint density at radius 1 is 1.18 bits per heavy atom. The molecule has 4 rings (SSSR count). The molecule has 4 aromatic rings. The maximum Gasteiger partial charge on any atom is 0.344 e. The zero-order valence-electron chi connectivity index (χ0n) is 22.0. The highest BCUT2D eigenvalue weighted by Gasteiger charge is 2.17. The average Bonchev–Trinajstić information content (AvgIpc) is 3.24. The minimum absolute atomic E-state index is 0.234. The molecular formula is C28H34FN5O4. The molecule has 0 saturated heterocycles. The second-order valence-electron chi connectivity index (χ2n) is 9.29. The molecular weight excluding hydrogens is 489 g/mol. The molecule has 0 fully saturated rings. The predicted molar refractivity (Wildman–Crippen MR) is 144 cm³/mol. The molecule has 0 aliphatic heterocycles. The minimum atomic E-state index is -0.494. The molecule has 2 aromatic carbocycles. The third-order valence-corrected chi connectivity index (χ3v) is 5.94. The van der Waals surface area contributed by atoms with E-state index in [2.05, 4.69) is 14.9 Å². The summed E-state index contributed by atoms with van der Waals surface area (Å²) in [6.45, 7) is 5.65. The van der Waals surface area contributed by atoms with E-state index in [0.29, 0.717) is 44.0 Å². The lowest BCUT2D eigenvalue weighted by Gasteiger charge is -2.12. The number of aryl methyl sites for hydroxylation is 1. The topological polar surface area (TPSA) is 114 Å². The maximum atomic E-state index is 14.1. The highest BCUT2D eigenvalue weighted by molar-refractivity contribution is 6.06. The molecule has 0 unspecified atom stereocenters. The highest BCUT2D eigenvalue weighted by atomic mass is 19.1. The number of aromatic nitrogens is 3. The number of hydrogen-bond donors (Lipinski definition) is 2. The van der Waals surface area contributed by atoms with Gasteiger partial charge in [-0.15, -0.1) is 0 Å². The van der Waals surface area contributed by atoms with Gasteiger partial charge in [-0.3, -0.25) is 0 Å². The van der Waals surface area contributed by atoms with Crippen molar-refractivity contribution in [3.63, 3.8) is 0 Å². The smallest absolute Gasteiger partial charge is 0.344 e. The van der Waals surface area contributed by atoms with Gasteiger partial charge in [-0.2, -0.15) is 0 Å². The summed E-state index contributed by atoms with van der Waals surface area (Å²) in [4.78, 5) is 21.0. The maximum absolute atomic E-state index is 14.1. The second kappa shape index (κ2) is 12.7. The van der Waals surface area contributed by atoms with Gasteiger partial charge >= 0.3 is 5.97 Å². The number of para-hydroxylation sites is 1. The molecule has 0 saturated carbocycles. The van der Waals surface area contributed by atoms with Crippen molar-refractivity contribution >= 4 is 33.7 Å². The number of anilines is 1. The van der Waals surface area contributed by atoms with Gasteiger partial charge in [0.2, 0.25) is 0 Å². The van der Waals surface area contributed by atoms with Crippen molar-refractivity contribution in [1.29, 1.82) is 0 Å². The van der Waals surface area contributed by atoms with Gasteiger partial charge in [-0.25, -0.2) is 19.2 Å². The summed E-state index contributed by atoms with van der Waals surface area (Å²) >= 11 is 0. The summed E-state index contributed by atoms with van der Waals surface area (Å²) in [5.74, 6) is 0.673. The first-order chi connectivity index (χ1) is 18.4. The van der Waals surface area contributed by atoms with Crippen LogP contribution in [0.15, 0.2) is 42.5 Å². The number of benzene rings is 2. The summed E-state index contributed by atoms with van der Waals surface area (Å²) in [6, 6.07) is 12.3. The lowest BCUT2D eigenvalue weighted by molar-refractivity contribution is -0.149. The standard InChI is InChI=1S/C28H34FN5O4/c1-18(2)38-25(35)17-37-21-14-19(13-20(29)15-21)16-31-10-6-11-34-24(9-12-36-3)33-26-27(34)22-7-4-5-8-23(22)32-28(26)30/h4-5,7-8,13-15,18,31H,6,9-12,16-17H2,1-3H3,(H2,30,32). The molecule has 9 nitrogen and oxygen atoms in total. The Bertz CT molecular complexity index is 1410. The van der Waals surface area contributed by atoms with E-state index in [4.69, 9.17) is 24.9 Å². The number of carbonyl (C=O) groups is 1. The largest absolute Gasteiger partial charge is 0.482 e. The Morgan fingerprint density at radius 2 is 2.00 bits per heavy atom. The lowest BCUT2D eigenvalue weighted by atomic mass is 10.2. The van der Waals surface area contributed by atoms with Crippen LogP contribution in [-0.4, -0.2) is 53.5 Å². The molecule has 0 aliphatic rings. The molecule has 202 valence electrons. The Morgan fingerprint density at radius 3 is 2.79 bits per heavy atom. The van der Waals surface area contributed by atoms with E-state index in [9.17, 15) is 9.18 Å².